The van der Waals surface area contributed by atoms with E-state index in [1.165, 1.54) is 23.6 Å². The fourth-order valence-electron chi connectivity index (χ4n) is 4.32. The highest BCUT2D eigenvalue weighted by molar-refractivity contribution is 7.98. The number of carboxylic acids is 1. The van der Waals surface area contributed by atoms with Crippen LogP contribution in [0.25, 0.3) is 0 Å². The van der Waals surface area contributed by atoms with Gasteiger partial charge in [-0.2, -0.15) is 11.8 Å². The minimum absolute atomic E-state index is 0.211. The van der Waals surface area contributed by atoms with E-state index in [0.717, 1.165) is 31.4 Å². The summed E-state index contributed by atoms with van der Waals surface area (Å²) < 4.78 is 10.6. The molecule has 0 bridgehead atoms. The number of thioether (sulfide) groups is 1. The van der Waals surface area contributed by atoms with Crippen LogP contribution in [0.2, 0.25) is 0 Å². The van der Waals surface area contributed by atoms with Gasteiger partial charge in [-0.25, -0.2) is 9.59 Å². The molecule has 2 amide bonds. The fourth-order valence-corrected chi connectivity index (χ4v) is 4.81. The van der Waals surface area contributed by atoms with E-state index in [1.807, 2.05) is 13.2 Å². The van der Waals surface area contributed by atoms with Crippen molar-refractivity contribution >= 4 is 35.7 Å². The molecule has 9 N–H and O–H groups in total. The maximum Gasteiger partial charge on any atom is 0.408 e. The van der Waals surface area contributed by atoms with E-state index >= 15 is 0 Å². The summed E-state index contributed by atoms with van der Waals surface area (Å²) in [7, 11) is 0. The first-order valence-electron chi connectivity index (χ1n) is 17.0. The number of nitrogens with one attached hydrogen (secondary N) is 1. The molecule has 12 nitrogen and oxygen atoms in total. The summed E-state index contributed by atoms with van der Waals surface area (Å²) in [4.78, 5) is 47.5. The second-order valence-corrected chi connectivity index (χ2v) is 14.8. The third-order valence-electron chi connectivity index (χ3n) is 7.40. The Bertz CT molecular complexity index is 1110. The number of allylic oxidation sites excluding steroid dienone is 6. The maximum absolute atomic E-state index is 13.1. The Balaban J connectivity index is 0. The zero-order valence-electron chi connectivity index (χ0n) is 31.6. The lowest BCUT2D eigenvalue weighted by Gasteiger charge is -2.37. The lowest BCUT2D eigenvalue weighted by molar-refractivity contribution is -0.164. The van der Waals surface area contributed by atoms with E-state index in [2.05, 4.69) is 51.2 Å². The largest absolute Gasteiger partial charge is 0.480 e. The van der Waals surface area contributed by atoms with Crippen LogP contribution < -0.4 is 22.5 Å². The fraction of sp³-hybridized carbons (Fsp3) is 0.722. The van der Waals surface area contributed by atoms with Gasteiger partial charge in [0.25, 0.3) is 5.91 Å². The van der Waals surface area contributed by atoms with Crippen LogP contribution in [0.5, 0.6) is 0 Å². The monoisotopic (exact) mass is 714 g/mol. The first kappa shape index (κ1) is 48.2. The van der Waals surface area contributed by atoms with Crippen LogP contribution in [0.3, 0.4) is 0 Å². The van der Waals surface area contributed by atoms with Crippen LogP contribution in [-0.2, 0) is 23.9 Å². The number of carboxylic acid groups (broad SMARTS) is 1. The van der Waals surface area contributed by atoms with Gasteiger partial charge in [-0.15, -0.1) is 0 Å². The van der Waals surface area contributed by atoms with Crippen LogP contribution in [0.1, 0.15) is 120 Å². The number of carbonyl (C=O) groups excluding carboxylic acids is 3. The first-order chi connectivity index (χ1) is 22.6. The lowest BCUT2D eigenvalue weighted by atomic mass is 9.85. The Labute approximate surface area is 299 Å². The van der Waals surface area contributed by atoms with Crippen molar-refractivity contribution in [2.24, 2.45) is 17.2 Å². The average molecular weight is 715 g/mol. The lowest BCUT2D eigenvalue weighted by Crippen LogP contribution is -2.64. The second-order valence-electron chi connectivity index (χ2n) is 13.8. The van der Waals surface area contributed by atoms with Gasteiger partial charge in [0.1, 0.15) is 17.2 Å². The third kappa shape index (κ3) is 24.0. The Hall–Kier alpha value is -2.87. The number of aliphatic carboxylic acids is 1. The van der Waals surface area contributed by atoms with E-state index in [-0.39, 0.29) is 6.42 Å². The highest BCUT2D eigenvalue weighted by Crippen LogP contribution is 2.22. The summed E-state index contributed by atoms with van der Waals surface area (Å²) in [6.07, 6.45) is 12.6. The van der Waals surface area contributed by atoms with Gasteiger partial charge in [-0.3, -0.25) is 9.59 Å². The van der Waals surface area contributed by atoms with E-state index in [9.17, 15) is 24.3 Å². The molecule has 0 aliphatic rings. The maximum atomic E-state index is 13.1. The molecule has 0 unspecified atom stereocenters. The molecule has 0 aromatic carbocycles. The average Bonchev–Trinajstić information content (AvgIpc) is 2.97. The van der Waals surface area contributed by atoms with Crippen LogP contribution >= 0.6 is 11.8 Å². The number of hydrogen-bond donors (Lipinski definition) is 6. The van der Waals surface area contributed by atoms with Gasteiger partial charge in [-0.1, -0.05) is 48.3 Å². The van der Waals surface area contributed by atoms with Gasteiger partial charge >= 0.3 is 18.0 Å². The van der Waals surface area contributed by atoms with Crippen molar-refractivity contribution in [3.05, 3.63) is 34.9 Å². The summed E-state index contributed by atoms with van der Waals surface area (Å²) >= 11 is 1.60. The molecule has 0 saturated carbocycles. The number of hydrogen-bond acceptors (Lipinski definition) is 10. The second kappa shape index (κ2) is 25.1. The normalized spacial score (nSPS) is 15.7. The van der Waals surface area contributed by atoms with E-state index < -0.39 is 59.4 Å². The molecule has 0 aromatic rings. The smallest absolute Gasteiger partial charge is 0.408 e. The van der Waals surface area contributed by atoms with Crippen LogP contribution in [0.15, 0.2) is 34.9 Å². The van der Waals surface area contributed by atoms with Crippen molar-refractivity contribution in [1.29, 1.82) is 0 Å². The molecule has 0 rings (SSSR count). The molecule has 0 aliphatic carbocycles. The van der Waals surface area contributed by atoms with Crippen molar-refractivity contribution in [2.45, 2.75) is 156 Å². The van der Waals surface area contributed by atoms with Gasteiger partial charge in [0.05, 0.1) is 0 Å². The van der Waals surface area contributed by atoms with Gasteiger partial charge in [0.2, 0.25) is 0 Å². The molecule has 0 aromatic heterocycles. The molecule has 284 valence electrons. The predicted octanol–water partition coefficient (Wildman–Crippen LogP) is 5.51. The van der Waals surface area contributed by atoms with E-state index in [0.29, 0.717) is 25.7 Å². The number of amides is 2. The molecule has 0 saturated heterocycles. The standard InChI is InChI=1S/C31H55N3O6.C5H11NO2S/c1-10-14-24(27(33)35)39-28(36)26(34-29(37)40-30(6,7)8)31(9,38)25(32)20-13-19-23(5)18-12-17-22(4)16-11-15-21(2)3;1-9-3-2-4(6)5(7)8/h15,17,19,24-26,38H,10-14,16,18,20,32H2,1-9H3,(H2,33,35)(H,34,37);4H,2-3,6H2,1H3,(H,7,8)/b22-17+,23-19+;/t24-,25-,26+,31-;4-/m00/s1. The summed E-state index contributed by atoms with van der Waals surface area (Å²) in [5, 5.41) is 22.0. The van der Waals surface area contributed by atoms with Crippen molar-refractivity contribution in [1.82, 2.24) is 5.32 Å². The van der Waals surface area contributed by atoms with Crippen molar-refractivity contribution in [2.75, 3.05) is 12.0 Å². The Morgan fingerprint density at radius 2 is 1.41 bits per heavy atom. The molecule has 0 radical (unpaired) electrons. The summed E-state index contributed by atoms with van der Waals surface area (Å²) in [5.74, 6) is -1.92. The number of nitrogens with two attached hydrogens (primary N) is 3. The Morgan fingerprint density at radius 3 is 1.86 bits per heavy atom. The molecule has 49 heavy (non-hydrogen) atoms. The van der Waals surface area contributed by atoms with Crippen molar-refractivity contribution in [3.63, 3.8) is 0 Å². The number of aliphatic hydroxyl groups is 1. The van der Waals surface area contributed by atoms with Gasteiger partial charge < -0.3 is 42.2 Å². The number of ether oxygens (including phenoxy) is 2. The minimum Gasteiger partial charge on any atom is -0.480 e. The predicted molar refractivity (Wildman–Crippen MR) is 199 cm³/mol. The number of primary amides is 1. The summed E-state index contributed by atoms with van der Waals surface area (Å²) in [5.41, 5.74) is 18.1. The minimum atomic E-state index is -1.91. The van der Waals surface area contributed by atoms with Gasteiger partial charge in [-0.05, 0) is 119 Å². The van der Waals surface area contributed by atoms with E-state index in [1.54, 1.807) is 32.5 Å². The summed E-state index contributed by atoms with van der Waals surface area (Å²) in [6, 6.07) is -3.17. The van der Waals surface area contributed by atoms with Gasteiger partial charge in [0, 0.05) is 6.04 Å². The van der Waals surface area contributed by atoms with Crippen molar-refractivity contribution in [3.8, 4) is 0 Å². The Morgan fingerprint density at radius 1 is 0.878 bits per heavy atom. The Kier molecular flexibility index (Phi) is 24.7. The third-order valence-corrected chi connectivity index (χ3v) is 8.05. The van der Waals surface area contributed by atoms with Crippen molar-refractivity contribution < 1.29 is 38.9 Å². The molecule has 0 aliphatic heterocycles. The summed E-state index contributed by atoms with van der Waals surface area (Å²) in [6.45, 7) is 16.6. The molecule has 0 heterocycles. The number of rotatable bonds is 21. The number of esters is 1. The molecular weight excluding hydrogens is 648 g/mol. The number of alkyl carbamates (subject to hydrolysis) is 1. The highest BCUT2D eigenvalue weighted by Gasteiger charge is 2.45. The molecule has 5 atom stereocenters. The van der Waals surface area contributed by atoms with Crippen LogP contribution in [0.4, 0.5) is 4.79 Å². The molecule has 0 spiro atoms. The topological polar surface area (TPSA) is 217 Å². The molecular formula is C36H66N4O8S. The van der Waals surface area contributed by atoms with Gasteiger partial charge in [0.15, 0.2) is 12.1 Å². The molecule has 0 fully saturated rings. The van der Waals surface area contributed by atoms with Crippen LogP contribution in [-0.4, -0.2) is 81.6 Å². The zero-order chi connectivity index (χ0) is 38.4. The highest BCUT2D eigenvalue weighted by atomic mass is 32.2. The molecule has 13 heteroatoms. The van der Waals surface area contributed by atoms with E-state index in [4.69, 9.17) is 31.8 Å². The SMILES string of the molecule is CCC[C@H](OC(=O)[C@@H](NC(=O)OC(C)(C)C)[C@@](C)(O)[C@@H](N)CC/C=C(\C)CC/C=C(\C)CCC=C(C)C)C(N)=O.CSCC[C@H](N)C(=O)O. The van der Waals surface area contributed by atoms with Crippen LogP contribution in [0, 0.1) is 0 Å². The first-order valence-corrected chi connectivity index (χ1v) is 18.4. The zero-order valence-corrected chi connectivity index (χ0v) is 32.4. The number of carbonyl (C=O) groups is 4. The quantitative estimate of drug-likeness (QED) is 0.0644.